The van der Waals surface area contributed by atoms with E-state index in [9.17, 15) is 14.0 Å². The molecule has 0 aliphatic heterocycles. The van der Waals surface area contributed by atoms with Crippen molar-refractivity contribution in [2.75, 3.05) is 18.5 Å². The first-order valence-electron chi connectivity index (χ1n) is 10.0. The van der Waals surface area contributed by atoms with Crippen LogP contribution >= 0.6 is 0 Å². The average molecular weight is 430 g/mol. The largest absolute Gasteiger partial charge is 0.483 e. The van der Waals surface area contributed by atoms with Gasteiger partial charge in [0.15, 0.2) is 6.61 Å². The smallest absolute Gasteiger partial charge is 0.262 e. The standard InChI is InChI=1S/C26H23FN2O3/c1-3-16-29(17-20-14-12-19(2)13-15-20)26(31)21-8-4-7-11-24(21)32-18-25(30)28-23-10-6-5-9-22(23)27/h1,4-15H,16-18H2,2H3,(H,28,30). The van der Waals surface area contributed by atoms with E-state index in [4.69, 9.17) is 11.2 Å². The van der Waals surface area contributed by atoms with Crippen LogP contribution in [0.5, 0.6) is 5.75 Å². The van der Waals surface area contributed by atoms with Crippen molar-refractivity contribution < 1.29 is 18.7 Å². The monoisotopic (exact) mass is 430 g/mol. The van der Waals surface area contributed by atoms with E-state index in [1.165, 1.54) is 23.1 Å². The molecule has 0 aliphatic carbocycles. The lowest BCUT2D eigenvalue weighted by Crippen LogP contribution is -2.31. The Hall–Kier alpha value is -4.11. The maximum atomic E-state index is 13.7. The van der Waals surface area contributed by atoms with E-state index in [1.807, 2.05) is 31.2 Å². The number of nitrogens with zero attached hydrogens (tertiary/aromatic N) is 1. The van der Waals surface area contributed by atoms with Crippen LogP contribution in [0.2, 0.25) is 0 Å². The summed E-state index contributed by atoms with van der Waals surface area (Å²) in [5.41, 5.74) is 2.41. The Morgan fingerprint density at radius 1 is 1.03 bits per heavy atom. The molecule has 0 aliphatic rings. The molecule has 0 spiro atoms. The molecule has 6 heteroatoms. The van der Waals surface area contributed by atoms with Crippen molar-refractivity contribution >= 4 is 17.5 Å². The Morgan fingerprint density at radius 2 is 1.72 bits per heavy atom. The van der Waals surface area contributed by atoms with Crippen molar-refractivity contribution in [1.82, 2.24) is 4.90 Å². The fourth-order valence-electron chi connectivity index (χ4n) is 3.06. The van der Waals surface area contributed by atoms with E-state index in [2.05, 4.69) is 11.2 Å². The van der Waals surface area contributed by atoms with Crippen LogP contribution in [-0.4, -0.2) is 29.9 Å². The van der Waals surface area contributed by atoms with Gasteiger partial charge in [-0.1, -0.05) is 60.0 Å². The number of nitrogens with one attached hydrogen (secondary N) is 1. The zero-order valence-corrected chi connectivity index (χ0v) is 17.7. The molecule has 0 heterocycles. The van der Waals surface area contributed by atoms with Gasteiger partial charge in [0.05, 0.1) is 17.8 Å². The Labute approximate surface area is 186 Å². The number of rotatable bonds is 8. The van der Waals surface area contributed by atoms with Crippen molar-refractivity contribution in [3.63, 3.8) is 0 Å². The van der Waals surface area contributed by atoms with Crippen LogP contribution < -0.4 is 10.1 Å². The van der Waals surface area contributed by atoms with E-state index in [-0.39, 0.29) is 36.1 Å². The van der Waals surface area contributed by atoms with Gasteiger partial charge in [-0.3, -0.25) is 9.59 Å². The van der Waals surface area contributed by atoms with Crippen LogP contribution in [0.1, 0.15) is 21.5 Å². The first-order valence-corrected chi connectivity index (χ1v) is 10.0. The molecule has 32 heavy (non-hydrogen) atoms. The molecular weight excluding hydrogens is 407 g/mol. The van der Waals surface area contributed by atoms with Gasteiger partial charge in [-0.15, -0.1) is 6.42 Å². The molecular formula is C26H23FN2O3. The molecule has 0 fully saturated rings. The predicted molar refractivity (Wildman–Crippen MR) is 122 cm³/mol. The number of carbonyl (C=O) groups excluding carboxylic acids is 2. The lowest BCUT2D eigenvalue weighted by Gasteiger charge is -2.22. The van der Waals surface area contributed by atoms with Gasteiger partial charge < -0.3 is 15.0 Å². The molecule has 0 unspecified atom stereocenters. The van der Waals surface area contributed by atoms with E-state index in [0.717, 1.165) is 11.1 Å². The fraction of sp³-hybridized carbons (Fsp3) is 0.154. The summed E-state index contributed by atoms with van der Waals surface area (Å²) in [6.45, 7) is 2.07. The van der Waals surface area contributed by atoms with Gasteiger partial charge in [-0.2, -0.15) is 0 Å². The third kappa shape index (κ3) is 5.96. The van der Waals surface area contributed by atoms with Crippen LogP contribution in [0.25, 0.3) is 0 Å². The van der Waals surface area contributed by atoms with Gasteiger partial charge in [-0.25, -0.2) is 4.39 Å². The summed E-state index contributed by atoms with van der Waals surface area (Å²) in [7, 11) is 0. The lowest BCUT2D eigenvalue weighted by atomic mass is 10.1. The molecule has 5 nitrogen and oxygen atoms in total. The van der Waals surface area contributed by atoms with Crippen molar-refractivity contribution in [1.29, 1.82) is 0 Å². The molecule has 0 aromatic heterocycles. The molecule has 0 radical (unpaired) electrons. The number of ether oxygens (including phenoxy) is 1. The highest BCUT2D eigenvalue weighted by atomic mass is 19.1. The highest BCUT2D eigenvalue weighted by molar-refractivity contribution is 5.97. The number of amides is 2. The highest BCUT2D eigenvalue weighted by Gasteiger charge is 2.20. The third-order valence-electron chi connectivity index (χ3n) is 4.69. The molecule has 3 aromatic carbocycles. The number of benzene rings is 3. The maximum absolute atomic E-state index is 13.7. The number of anilines is 1. The molecule has 162 valence electrons. The topological polar surface area (TPSA) is 58.6 Å². The summed E-state index contributed by atoms with van der Waals surface area (Å²) >= 11 is 0. The summed E-state index contributed by atoms with van der Waals surface area (Å²) in [4.78, 5) is 26.9. The summed E-state index contributed by atoms with van der Waals surface area (Å²) in [5, 5.41) is 2.45. The van der Waals surface area contributed by atoms with Crippen molar-refractivity contribution in [3.8, 4) is 18.1 Å². The molecule has 0 atom stereocenters. The fourth-order valence-corrected chi connectivity index (χ4v) is 3.06. The first kappa shape index (κ1) is 22.6. The maximum Gasteiger partial charge on any atom is 0.262 e. The number of halogens is 1. The van der Waals surface area contributed by atoms with E-state index < -0.39 is 11.7 Å². The average Bonchev–Trinajstić information content (AvgIpc) is 2.80. The molecule has 1 N–H and O–H groups in total. The Morgan fingerprint density at radius 3 is 2.44 bits per heavy atom. The first-order chi connectivity index (χ1) is 15.5. The van der Waals surface area contributed by atoms with Gasteiger partial charge >= 0.3 is 0 Å². The molecule has 0 saturated carbocycles. The number of hydrogen-bond acceptors (Lipinski definition) is 3. The minimum atomic E-state index is -0.544. The van der Waals surface area contributed by atoms with Crippen LogP contribution in [0.15, 0.2) is 72.8 Å². The van der Waals surface area contributed by atoms with Crippen molar-refractivity contribution in [3.05, 3.63) is 95.3 Å². The van der Waals surface area contributed by atoms with Gasteiger partial charge in [0.1, 0.15) is 11.6 Å². The zero-order valence-electron chi connectivity index (χ0n) is 17.7. The number of terminal acetylenes is 1. The summed E-state index contributed by atoms with van der Waals surface area (Å²) in [5.74, 6) is 1.36. The summed E-state index contributed by atoms with van der Waals surface area (Å²) in [6.07, 6.45) is 5.49. The van der Waals surface area contributed by atoms with Crippen molar-refractivity contribution in [2.45, 2.75) is 13.5 Å². The minimum absolute atomic E-state index is 0.0590. The van der Waals surface area contributed by atoms with Gasteiger partial charge in [-0.05, 0) is 36.8 Å². The molecule has 3 aromatic rings. The number of carbonyl (C=O) groups is 2. The quantitative estimate of drug-likeness (QED) is 0.538. The van der Waals surface area contributed by atoms with E-state index >= 15 is 0 Å². The lowest BCUT2D eigenvalue weighted by molar-refractivity contribution is -0.118. The van der Waals surface area contributed by atoms with Crippen LogP contribution in [0, 0.1) is 25.1 Å². The number of para-hydroxylation sites is 2. The SMILES string of the molecule is C#CCN(Cc1ccc(C)cc1)C(=O)c1ccccc1OCC(=O)Nc1ccccc1F. The van der Waals surface area contributed by atoms with Crippen LogP contribution in [-0.2, 0) is 11.3 Å². The molecule has 0 saturated heterocycles. The predicted octanol–water partition coefficient (Wildman–Crippen LogP) is 4.43. The van der Waals surface area contributed by atoms with E-state index in [1.54, 1.807) is 30.3 Å². The van der Waals surface area contributed by atoms with Crippen LogP contribution in [0.4, 0.5) is 10.1 Å². The van der Waals surface area contributed by atoms with Crippen molar-refractivity contribution in [2.24, 2.45) is 0 Å². The second kappa shape index (κ2) is 10.8. The Bertz CT molecular complexity index is 1140. The normalized spacial score (nSPS) is 10.2. The number of hydrogen-bond donors (Lipinski definition) is 1. The summed E-state index contributed by atoms with van der Waals surface area (Å²) < 4.78 is 19.3. The molecule has 3 rings (SSSR count). The Balaban J connectivity index is 1.71. The van der Waals surface area contributed by atoms with Gasteiger partial charge in [0, 0.05) is 6.54 Å². The highest BCUT2D eigenvalue weighted by Crippen LogP contribution is 2.21. The minimum Gasteiger partial charge on any atom is -0.483 e. The van der Waals surface area contributed by atoms with E-state index in [0.29, 0.717) is 6.54 Å². The molecule has 2 amide bonds. The third-order valence-corrected chi connectivity index (χ3v) is 4.69. The zero-order chi connectivity index (χ0) is 22.9. The second-order valence-electron chi connectivity index (χ2n) is 7.16. The number of aryl methyl sites for hydroxylation is 1. The summed E-state index contributed by atoms with van der Waals surface area (Å²) in [6, 6.07) is 20.3. The van der Waals surface area contributed by atoms with Gasteiger partial charge in [0.2, 0.25) is 0 Å². The van der Waals surface area contributed by atoms with Gasteiger partial charge in [0.25, 0.3) is 11.8 Å². The Kier molecular flexibility index (Phi) is 7.60. The molecule has 0 bridgehead atoms. The van der Waals surface area contributed by atoms with Crippen LogP contribution in [0.3, 0.4) is 0 Å². The second-order valence-corrected chi connectivity index (χ2v) is 7.16.